The van der Waals surface area contributed by atoms with Crippen molar-refractivity contribution in [3.63, 3.8) is 0 Å². The molecule has 7 nitrogen and oxygen atoms in total. The zero-order valence-corrected chi connectivity index (χ0v) is 26.4. The van der Waals surface area contributed by atoms with E-state index in [0.717, 1.165) is 60.1 Å². The van der Waals surface area contributed by atoms with Crippen molar-refractivity contribution >= 4 is 34.1 Å². The van der Waals surface area contributed by atoms with Gasteiger partial charge in [0.1, 0.15) is 22.8 Å². The fraction of sp³-hybridized carbons (Fsp3) is 0.378. The zero-order valence-electron chi connectivity index (χ0n) is 26.4. The molecule has 46 heavy (non-hydrogen) atoms. The van der Waals surface area contributed by atoms with Crippen LogP contribution in [0.1, 0.15) is 49.3 Å². The molecule has 9 heteroatoms. The molecule has 2 fully saturated rings. The van der Waals surface area contributed by atoms with Crippen LogP contribution in [0.15, 0.2) is 66.9 Å². The van der Waals surface area contributed by atoms with E-state index in [1.165, 1.54) is 30.3 Å². The van der Waals surface area contributed by atoms with Gasteiger partial charge < -0.3 is 20.3 Å². The van der Waals surface area contributed by atoms with Crippen LogP contribution in [-0.2, 0) is 28.9 Å². The average Bonchev–Trinajstić information content (AvgIpc) is 3.87. The molecule has 1 aromatic heterocycles. The van der Waals surface area contributed by atoms with E-state index >= 15 is 4.39 Å². The third-order valence-corrected chi connectivity index (χ3v) is 9.40. The monoisotopic (exact) mass is 626 g/mol. The van der Waals surface area contributed by atoms with E-state index in [1.807, 2.05) is 12.1 Å². The number of hydrogen-bond donors (Lipinski definition) is 2. The van der Waals surface area contributed by atoms with Crippen molar-refractivity contribution < 1.29 is 23.1 Å². The first-order chi connectivity index (χ1) is 22.2. The van der Waals surface area contributed by atoms with Gasteiger partial charge in [0, 0.05) is 29.0 Å². The summed E-state index contributed by atoms with van der Waals surface area (Å²) >= 11 is 0. The Balaban J connectivity index is 1.09. The smallest absolute Gasteiger partial charge is 0.240 e. The predicted molar refractivity (Wildman–Crippen MR) is 176 cm³/mol. The minimum Gasteiger partial charge on any atom is -0.493 e. The minimum absolute atomic E-state index is 0.293. The number of fused-ring (bicyclic) bond motifs is 1. The molecular weight excluding hydrogens is 586 g/mol. The van der Waals surface area contributed by atoms with Crippen molar-refractivity contribution in [1.82, 2.24) is 9.88 Å². The number of aryl methyl sites for hydroxylation is 3. The second-order valence-electron chi connectivity index (χ2n) is 12.7. The van der Waals surface area contributed by atoms with E-state index < -0.39 is 28.9 Å². The molecule has 240 valence electrons. The molecule has 2 aliphatic rings. The van der Waals surface area contributed by atoms with Crippen LogP contribution in [0.5, 0.6) is 5.75 Å². The molecule has 3 aromatic carbocycles. The largest absolute Gasteiger partial charge is 0.493 e. The number of rotatable bonds is 11. The molecule has 6 rings (SSSR count). The number of ether oxygens (including phenoxy) is 1. The van der Waals surface area contributed by atoms with Crippen molar-refractivity contribution in [3.8, 4) is 5.75 Å². The van der Waals surface area contributed by atoms with Gasteiger partial charge in [-0.2, -0.15) is 0 Å². The molecule has 0 bridgehead atoms. The Bertz CT molecular complexity index is 1730. The number of benzene rings is 3. The highest BCUT2D eigenvalue weighted by Crippen LogP contribution is 2.47. The number of nitrogens with one attached hydrogen (secondary N) is 2. The highest BCUT2D eigenvalue weighted by molar-refractivity contribution is 6.16. The van der Waals surface area contributed by atoms with Crippen molar-refractivity contribution in [3.05, 3.63) is 95.2 Å². The maximum absolute atomic E-state index is 15.2. The quantitative estimate of drug-likeness (QED) is 0.176. The Labute approximate surface area is 268 Å². The van der Waals surface area contributed by atoms with Gasteiger partial charge in [0.25, 0.3) is 0 Å². The Morgan fingerprint density at radius 2 is 1.57 bits per heavy atom. The van der Waals surface area contributed by atoms with Crippen LogP contribution in [0, 0.1) is 23.0 Å². The van der Waals surface area contributed by atoms with Crippen molar-refractivity contribution in [2.75, 3.05) is 37.4 Å². The van der Waals surface area contributed by atoms with Gasteiger partial charge in [-0.3, -0.25) is 14.6 Å². The Hall–Kier alpha value is -4.37. The summed E-state index contributed by atoms with van der Waals surface area (Å²) < 4.78 is 34.8. The first-order valence-corrected chi connectivity index (χ1v) is 16.1. The number of halogens is 2. The van der Waals surface area contributed by atoms with Crippen molar-refractivity contribution in [1.29, 1.82) is 0 Å². The molecule has 1 saturated carbocycles. The molecular formula is C37H40F2N4O3. The lowest BCUT2D eigenvalue weighted by molar-refractivity contribution is -0.131. The van der Waals surface area contributed by atoms with Gasteiger partial charge in [0.05, 0.1) is 12.1 Å². The summed E-state index contributed by atoms with van der Waals surface area (Å²) in [5.41, 5.74) is 3.10. The van der Waals surface area contributed by atoms with Gasteiger partial charge in [-0.05, 0) is 136 Å². The van der Waals surface area contributed by atoms with E-state index in [4.69, 9.17) is 4.74 Å². The summed E-state index contributed by atoms with van der Waals surface area (Å²) in [6.07, 6.45) is 6.79. The SMILES string of the molecule is CCc1cc2c(CCc3ccc(NC(=O)C4(C(=O)Nc5ccc(F)cc5)CC4)cc3F)ccnc2cc1OCC1CCN(C)CC1. The zero-order chi connectivity index (χ0) is 32.3. The molecule has 0 spiro atoms. The van der Waals surface area contributed by atoms with E-state index in [1.54, 1.807) is 18.3 Å². The van der Waals surface area contributed by atoms with Gasteiger partial charge in [-0.15, -0.1) is 0 Å². The fourth-order valence-electron chi connectivity index (χ4n) is 6.15. The van der Waals surface area contributed by atoms with Crippen molar-refractivity contribution in [2.24, 2.45) is 11.3 Å². The lowest BCUT2D eigenvalue weighted by Gasteiger charge is -2.29. The second-order valence-corrected chi connectivity index (χ2v) is 12.7. The number of nitrogens with zero attached hydrogens (tertiary/aromatic N) is 2. The van der Waals surface area contributed by atoms with Crippen molar-refractivity contribution in [2.45, 2.75) is 51.9 Å². The van der Waals surface area contributed by atoms with Gasteiger partial charge in [0.15, 0.2) is 0 Å². The van der Waals surface area contributed by atoms with Crippen LogP contribution in [0.2, 0.25) is 0 Å². The number of aromatic nitrogens is 1. The molecule has 4 aromatic rings. The molecule has 1 aliphatic carbocycles. The van der Waals surface area contributed by atoms with Crippen LogP contribution in [-0.4, -0.2) is 48.4 Å². The average molecular weight is 627 g/mol. The lowest BCUT2D eigenvalue weighted by Crippen LogP contribution is -2.35. The van der Waals surface area contributed by atoms with E-state index in [-0.39, 0.29) is 0 Å². The van der Waals surface area contributed by atoms with Crippen LogP contribution in [0.25, 0.3) is 10.9 Å². The summed E-state index contributed by atoms with van der Waals surface area (Å²) in [4.78, 5) is 32.9. The molecule has 2 amide bonds. The molecule has 0 radical (unpaired) electrons. The highest BCUT2D eigenvalue weighted by Gasteiger charge is 2.56. The number of hydrogen-bond acceptors (Lipinski definition) is 5. The molecule has 1 saturated heterocycles. The Morgan fingerprint density at radius 1 is 0.891 bits per heavy atom. The Morgan fingerprint density at radius 3 is 2.24 bits per heavy atom. The summed E-state index contributed by atoms with van der Waals surface area (Å²) in [6.45, 7) is 5.05. The first kappa shape index (κ1) is 31.6. The normalized spacial score (nSPS) is 16.3. The van der Waals surface area contributed by atoms with Gasteiger partial charge >= 0.3 is 0 Å². The van der Waals surface area contributed by atoms with Gasteiger partial charge in [-0.1, -0.05) is 13.0 Å². The minimum atomic E-state index is -1.22. The second kappa shape index (κ2) is 13.5. The first-order valence-electron chi connectivity index (χ1n) is 16.1. The third-order valence-electron chi connectivity index (χ3n) is 9.40. The molecule has 1 aliphatic heterocycles. The van der Waals surface area contributed by atoms with Crippen LogP contribution in [0.3, 0.4) is 0 Å². The number of piperidine rings is 1. The van der Waals surface area contributed by atoms with E-state index in [2.05, 4.69) is 40.6 Å². The molecule has 2 N–H and O–H groups in total. The van der Waals surface area contributed by atoms with Crippen LogP contribution in [0.4, 0.5) is 20.2 Å². The summed E-state index contributed by atoms with van der Waals surface area (Å²) in [5.74, 6) is -0.324. The number of carbonyl (C=O) groups is 2. The molecule has 2 heterocycles. The highest BCUT2D eigenvalue weighted by atomic mass is 19.1. The maximum atomic E-state index is 15.2. The summed E-state index contributed by atoms with van der Waals surface area (Å²) in [6, 6.07) is 16.2. The lowest BCUT2D eigenvalue weighted by atomic mass is 9.97. The third kappa shape index (κ3) is 7.04. The number of amides is 2. The van der Waals surface area contributed by atoms with Gasteiger partial charge in [-0.25, -0.2) is 8.78 Å². The van der Waals surface area contributed by atoms with E-state index in [9.17, 15) is 14.0 Å². The molecule has 0 unspecified atom stereocenters. The predicted octanol–water partition coefficient (Wildman–Crippen LogP) is 6.94. The standard InChI is InChI=1S/C37H40F2N4O3/c1-3-25-20-31-26(12-17-40-33(31)22-34(25)46-23-24-13-18-43(2)19-14-24)4-5-27-6-9-30(21-32(27)39)42-36(45)37(15-16-37)35(44)41-29-10-7-28(38)8-11-29/h6-12,17,20-22,24H,3-5,13-16,18-19,23H2,1-2H3,(H,41,44)(H,42,45). The van der Waals surface area contributed by atoms with Crippen LogP contribution >= 0.6 is 0 Å². The number of likely N-dealkylation sites (tertiary alicyclic amines) is 1. The number of carbonyl (C=O) groups excluding carboxylic acids is 2. The number of anilines is 2. The summed E-state index contributed by atoms with van der Waals surface area (Å²) in [5, 5.41) is 6.44. The fourth-order valence-corrected chi connectivity index (χ4v) is 6.15. The number of pyridine rings is 1. The van der Waals surface area contributed by atoms with Gasteiger partial charge in [0.2, 0.25) is 11.8 Å². The maximum Gasteiger partial charge on any atom is 0.240 e. The Kier molecular flexibility index (Phi) is 9.31. The summed E-state index contributed by atoms with van der Waals surface area (Å²) in [7, 11) is 2.16. The molecule has 0 atom stereocenters. The van der Waals surface area contributed by atoms with Crippen LogP contribution < -0.4 is 15.4 Å². The topological polar surface area (TPSA) is 83.6 Å². The van der Waals surface area contributed by atoms with E-state index in [0.29, 0.717) is 55.1 Å².